The Labute approximate surface area is 184 Å². The van der Waals surface area contributed by atoms with Gasteiger partial charge in [0.05, 0.1) is 11.5 Å². The van der Waals surface area contributed by atoms with E-state index in [1.807, 2.05) is 18.3 Å². The summed E-state index contributed by atoms with van der Waals surface area (Å²) >= 11 is 1.66. The van der Waals surface area contributed by atoms with Gasteiger partial charge in [-0.1, -0.05) is 24.8 Å². The molecule has 2 N–H and O–H groups in total. The van der Waals surface area contributed by atoms with Gasteiger partial charge in [0.1, 0.15) is 11.9 Å². The maximum absolute atomic E-state index is 9.67. The van der Waals surface area contributed by atoms with E-state index in [0.717, 1.165) is 60.7 Å². The smallest absolute Gasteiger partial charge is 0.135 e. The summed E-state index contributed by atoms with van der Waals surface area (Å²) in [6.07, 6.45) is 6.53. The second kappa shape index (κ2) is 12.0. The van der Waals surface area contributed by atoms with E-state index in [2.05, 4.69) is 58.5 Å². The van der Waals surface area contributed by atoms with E-state index < -0.39 is 0 Å². The van der Waals surface area contributed by atoms with Crippen LogP contribution in [0.1, 0.15) is 44.2 Å². The number of aromatic nitrogens is 1. The van der Waals surface area contributed by atoms with Crippen molar-refractivity contribution in [1.29, 1.82) is 0 Å². The molecule has 5 nitrogen and oxygen atoms in total. The third-order valence-electron chi connectivity index (χ3n) is 4.91. The van der Waals surface area contributed by atoms with Gasteiger partial charge in [-0.2, -0.15) is 0 Å². The summed E-state index contributed by atoms with van der Waals surface area (Å²) in [5.74, 6) is 7.32. The Balaban J connectivity index is 1.74. The zero-order valence-corrected chi connectivity index (χ0v) is 18.6. The molecule has 0 fully saturated rings. The summed E-state index contributed by atoms with van der Waals surface area (Å²) in [7, 11) is 0. The number of nitrogens with one attached hydrogen (secondary N) is 1. The van der Waals surface area contributed by atoms with Crippen molar-refractivity contribution in [3.63, 3.8) is 0 Å². The molecule has 3 rings (SSSR count). The quantitative estimate of drug-likeness (QED) is 0.519. The van der Waals surface area contributed by atoms with Crippen LogP contribution in [0.5, 0.6) is 5.75 Å². The summed E-state index contributed by atoms with van der Waals surface area (Å²) in [5, 5.41) is 13.2. The molecule has 0 saturated carbocycles. The minimum atomic E-state index is 0.0357. The summed E-state index contributed by atoms with van der Waals surface area (Å²) in [4.78, 5) is 5.23. The van der Waals surface area contributed by atoms with E-state index in [-0.39, 0.29) is 18.8 Å². The van der Waals surface area contributed by atoms with Crippen molar-refractivity contribution in [2.45, 2.75) is 56.7 Å². The van der Waals surface area contributed by atoms with E-state index >= 15 is 0 Å². The molecule has 1 aliphatic heterocycles. The molecule has 0 bridgehead atoms. The topological polar surface area (TPSA) is 57.6 Å². The van der Waals surface area contributed by atoms with Gasteiger partial charge >= 0.3 is 0 Å². The van der Waals surface area contributed by atoms with Crippen LogP contribution in [-0.4, -0.2) is 46.2 Å². The molecule has 1 aliphatic rings. The van der Waals surface area contributed by atoms with Gasteiger partial charge in [-0.3, -0.25) is 4.98 Å². The van der Waals surface area contributed by atoms with Crippen LogP contribution in [0.15, 0.2) is 47.6 Å². The molecule has 2 atom stereocenters. The van der Waals surface area contributed by atoms with E-state index in [4.69, 9.17) is 4.74 Å². The maximum atomic E-state index is 9.67. The SMILES string of the molecule is CCCC#Cc1ccc2c(c1)O[C@@H](CNCc1cccnc1)CCN(C(C)CO)S2. The van der Waals surface area contributed by atoms with Crippen molar-refractivity contribution in [1.82, 2.24) is 14.6 Å². The number of benzene rings is 1. The molecule has 1 aromatic carbocycles. The molecule has 2 aromatic rings. The highest BCUT2D eigenvalue weighted by Gasteiger charge is 2.24. The van der Waals surface area contributed by atoms with Gasteiger partial charge in [0, 0.05) is 50.1 Å². The predicted octanol–water partition coefficient (Wildman–Crippen LogP) is 3.86. The molecule has 2 heterocycles. The molecular weight excluding hydrogens is 394 g/mol. The highest BCUT2D eigenvalue weighted by molar-refractivity contribution is 7.97. The Morgan fingerprint density at radius 2 is 2.30 bits per heavy atom. The molecular formula is C24H31N3O2S. The molecule has 30 heavy (non-hydrogen) atoms. The lowest BCUT2D eigenvalue weighted by molar-refractivity contribution is 0.151. The Bertz CT molecular complexity index is 851. The van der Waals surface area contributed by atoms with Crippen molar-refractivity contribution >= 4 is 11.9 Å². The largest absolute Gasteiger partial charge is 0.488 e. The Hall–Kier alpha value is -2.04. The third-order valence-corrected chi connectivity index (χ3v) is 6.22. The number of unbranched alkanes of at least 4 members (excludes halogenated alkanes) is 1. The lowest BCUT2D eigenvalue weighted by Gasteiger charge is -2.32. The average molecular weight is 426 g/mol. The van der Waals surface area contributed by atoms with Crippen LogP contribution in [0, 0.1) is 11.8 Å². The zero-order chi connectivity index (χ0) is 21.2. The molecule has 1 unspecified atom stereocenters. The fourth-order valence-corrected chi connectivity index (χ4v) is 4.17. The Kier molecular flexibility index (Phi) is 9.03. The van der Waals surface area contributed by atoms with Crippen LogP contribution in [0.3, 0.4) is 0 Å². The average Bonchev–Trinajstić information content (AvgIpc) is 2.76. The highest BCUT2D eigenvalue weighted by Crippen LogP contribution is 2.36. The van der Waals surface area contributed by atoms with Crippen LogP contribution in [-0.2, 0) is 6.54 Å². The minimum absolute atomic E-state index is 0.0357. The predicted molar refractivity (Wildman–Crippen MR) is 122 cm³/mol. The van der Waals surface area contributed by atoms with Crippen molar-refractivity contribution in [2.24, 2.45) is 0 Å². The first kappa shape index (κ1) is 22.6. The van der Waals surface area contributed by atoms with Crippen LogP contribution < -0.4 is 10.1 Å². The lowest BCUT2D eigenvalue weighted by Crippen LogP contribution is -2.38. The van der Waals surface area contributed by atoms with Crippen molar-refractivity contribution in [2.75, 3.05) is 19.7 Å². The van der Waals surface area contributed by atoms with Gasteiger partial charge in [0.2, 0.25) is 0 Å². The number of hydrogen-bond acceptors (Lipinski definition) is 6. The maximum Gasteiger partial charge on any atom is 0.135 e. The Morgan fingerprint density at radius 1 is 1.40 bits per heavy atom. The zero-order valence-electron chi connectivity index (χ0n) is 17.8. The number of rotatable bonds is 7. The summed E-state index contributed by atoms with van der Waals surface area (Å²) in [6.45, 7) is 6.67. The molecule has 6 heteroatoms. The second-order valence-corrected chi connectivity index (χ2v) is 8.59. The first-order valence-electron chi connectivity index (χ1n) is 10.6. The minimum Gasteiger partial charge on any atom is -0.488 e. The highest BCUT2D eigenvalue weighted by atomic mass is 32.2. The van der Waals surface area contributed by atoms with E-state index in [1.54, 1.807) is 18.1 Å². The second-order valence-electron chi connectivity index (χ2n) is 7.50. The van der Waals surface area contributed by atoms with Gasteiger partial charge in [0.15, 0.2) is 0 Å². The van der Waals surface area contributed by atoms with Crippen molar-refractivity contribution in [3.05, 3.63) is 53.9 Å². The van der Waals surface area contributed by atoms with Gasteiger partial charge in [-0.05, 0) is 61.5 Å². The van der Waals surface area contributed by atoms with Crippen LogP contribution in [0.25, 0.3) is 0 Å². The first-order chi connectivity index (χ1) is 14.7. The molecule has 0 aliphatic carbocycles. The number of fused-ring (bicyclic) bond motifs is 1. The molecule has 160 valence electrons. The number of aliphatic hydroxyl groups excluding tert-OH is 1. The number of nitrogens with zero attached hydrogens (tertiary/aromatic N) is 2. The fourth-order valence-electron chi connectivity index (χ4n) is 3.15. The number of aliphatic hydroxyl groups is 1. The molecule has 0 spiro atoms. The normalized spacial score (nSPS) is 17.6. The number of hydrogen-bond donors (Lipinski definition) is 2. The first-order valence-corrected chi connectivity index (χ1v) is 11.4. The van der Waals surface area contributed by atoms with Crippen molar-refractivity contribution in [3.8, 4) is 17.6 Å². The molecule has 0 saturated heterocycles. The van der Waals surface area contributed by atoms with Crippen molar-refractivity contribution < 1.29 is 9.84 Å². The standard InChI is InChI=1S/C24H31N3O2S/c1-3-4-5-7-20-9-10-24-23(14-20)29-22(11-13-27(30-24)19(2)18-28)17-26-16-21-8-6-12-25-15-21/h6,8-10,12,14-15,19,22,26,28H,3-4,11,13,16-18H2,1-2H3/t19?,22-/m1/s1. The molecule has 0 amide bonds. The molecule has 1 aromatic heterocycles. The monoisotopic (exact) mass is 425 g/mol. The lowest BCUT2D eigenvalue weighted by atomic mass is 10.2. The van der Waals surface area contributed by atoms with E-state index in [1.165, 1.54) is 0 Å². The van der Waals surface area contributed by atoms with Crippen LogP contribution in [0.4, 0.5) is 0 Å². The Morgan fingerprint density at radius 3 is 3.07 bits per heavy atom. The van der Waals surface area contributed by atoms with Gasteiger partial charge in [-0.25, -0.2) is 4.31 Å². The fraction of sp³-hybridized carbons (Fsp3) is 0.458. The van der Waals surface area contributed by atoms with Gasteiger partial charge < -0.3 is 15.2 Å². The molecule has 0 radical (unpaired) electrons. The van der Waals surface area contributed by atoms with Crippen LogP contribution in [0.2, 0.25) is 0 Å². The summed E-state index contributed by atoms with van der Waals surface area (Å²) < 4.78 is 8.68. The summed E-state index contributed by atoms with van der Waals surface area (Å²) in [6, 6.07) is 10.3. The third kappa shape index (κ3) is 6.75. The van der Waals surface area contributed by atoms with Gasteiger partial charge in [-0.15, -0.1) is 0 Å². The van der Waals surface area contributed by atoms with Gasteiger partial charge in [0.25, 0.3) is 0 Å². The summed E-state index contributed by atoms with van der Waals surface area (Å²) in [5.41, 5.74) is 2.13. The number of pyridine rings is 1. The van der Waals surface area contributed by atoms with E-state index in [9.17, 15) is 5.11 Å². The number of ether oxygens (including phenoxy) is 1. The van der Waals surface area contributed by atoms with Crippen LogP contribution >= 0.6 is 11.9 Å². The van der Waals surface area contributed by atoms with E-state index in [0.29, 0.717) is 0 Å².